The number of hydrogen-bond acceptors (Lipinski definition) is 8. The van der Waals surface area contributed by atoms with Gasteiger partial charge in [0, 0.05) is 47.1 Å². The van der Waals surface area contributed by atoms with Gasteiger partial charge in [-0.05, 0) is 37.3 Å². The number of nitriles is 1. The Balaban J connectivity index is 0.00000760. The summed E-state index contributed by atoms with van der Waals surface area (Å²) >= 11 is 0. The Kier molecular flexibility index (Phi) is 15.8. The normalized spacial score (nSPS) is 15.8. The van der Waals surface area contributed by atoms with Crippen LogP contribution in [0.15, 0.2) is 29.5 Å². The highest BCUT2D eigenvalue weighted by Gasteiger charge is 2.25. The molecule has 0 amide bonds. The molecule has 2 N–H and O–H groups in total. The van der Waals surface area contributed by atoms with E-state index in [-0.39, 0.29) is 8.61 Å². The molecular weight excluding hydrogens is 506 g/mol. The van der Waals surface area contributed by atoms with E-state index < -0.39 is 10.0 Å². The number of aromatic nitrogens is 1. The van der Waals surface area contributed by atoms with E-state index in [1.54, 1.807) is 24.5 Å². The molecule has 0 aromatic carbocycles. The fourth-order valence-corrected chi connectivity index (χ4v) is 5.47. The number of anilines is 1. The van der Waals surface area contributed by atoms with Crippen LogP contribution in [0.4, 0.5) is 5.69 Å². The molecule has 1 atom stereocenters. The fraction of sp³-hybridized carbons (Fsp3) is 0.731. The number of hydroxylamine groups is 1. The fourth-order valence-electron chi connectivity index (χ4n) is 4.11. The van der Waals surface area contributed by atoms with Gasteiger partial charge in [-0.3, -0.25) is 25.0 Å². The Morgan fingerprint density at radius 3 is 2.68 bits per heavy atom. The SMILES string of the molecule is CCCC(CC)CON(CCN1CCOCC1)S(=O)(=O)CCCCCCN=C(NC#N)Nc1ccncc1.[HH].[HH]. The standard InChI is InChI=1S/C26H45N7O4S.2H2/c1-3-9-24(4-2)22-37-33(16-15-32-17-19-36-20-18-32)38(34,35)21-8-6-5-7-12-29-26(30-23-27)31-25-10-13-28-14-11-25;;/h10-11,13-14,24H,3-9,12,15-22H2,1-2H3,(H2,28,29,30,31);2*1H. The number of guanidine groups is 1. The first-order valence-corrected chi connectivity index (χ1v) is 15.4. The van der Waals surface area contributed by atoms with Crippen LogP contribution >= 0.6 is 0 Å². The van der Waals surface area contributed by atoms with Gasteiger partial charge in [0.25, 0.3) is 0 Å². The van der Waals surface area contributed by atoms with Gasteiger partial charge in [0.2, 0.25) is 16.0 Å². The minimum Gasteiger partial charge on any atom is -0.379 e. The van der Waals surface area contributed by atoms with Crippen molar-refractivity contribution in [1.29, 1.82) is 5.26 Å². The molecule has 0 saturated carbocycles. The van der Waals surface area contributed by atoms with E-state index in [4.69, 9.17) is 14.8 Å². The van der Waals surface area contributed by atoms with Gasteiger partial charge < -0.3 is 10.1 Å². The molecule has 1 saturated heterocycles. The van der Waals surface area contributed by atoms with Crippen LogP contribution in [-0.4, -0.2) is 87.0 Å². The highest BCUT2D eigenvalue weighted by Crippen LogP contribution is 2.15. The first-order chi connectivity index (χ1) is 18.5. The largest absolute Gasteiger partial charge is 0.379 e. The van der Waals surface area contributed by atoms with Crippen LogP contribution < -0.4 is 10.6 Å². The Bertz CT molecular complexity index is 937. The van der Waals surface area contributed by atoms with E-state index in [9.17, 15) is 8.42 Å². The van der Waals surface area contributed by atoms with E-state index >= 15 is 0 Å². The summed E-state index contributed by atoms with van der Waals surface area (Å²) in [7, 11) is -3.53. The molecule has 0 aliphatic carbocycles. The lowest BCUT2D eigenvalue weighted by molar-refractivity contribution is -0.105. The average Bonchev–Trinajstić information content (AvgIpc) is 2.92. The zero-order valence-corrected chi connectivity index (χ0v) is 23.8. The number of nitrogens with zero attached hydrogens (tertiary/aromatic N) is 5. The van der Waals surface area contributed by atoms with E-state index in [1.165, 1.54) is 4.47 Å². The minimum atomic E-state index is -3.53. The number of sulfonamides is 1. The molecular formula is C26H49N7O4S. The topological polar surface area (TPSA) is 132 Å². The molecule has 2 rings (SSSR count). The van der Waals surface area contributed by atoms with Gasteiger partial charge in [0.05, 0.1) is 32.1 Å². The van der Waals surface area contributed by atoms with Crippen molar-refractivity contribution in [3.8, 4) is 6.19 Å². The molecule has 1 aliphatic rings. The third-order valence-corrected chi connectivity index (χ3v) is 8.15. The molecule has 0 radical (unpaired) electrons. The second-order valence-corrected chi connectivity index (χ2v) is 11.4. The Morgan fingerprint density at radius 2 is 2.00 bits per heavy atom. The maximum absolute atomic E-state index is 13.2. The van der Waals surface area contributed by atoms with Crippen molar-refractivity contribution in [1.82, 2.24) is 19.7 Å². The third-order valence-electron chi connectivity index (χ3n) is 6.44. The van der Waals surface area contributed by atoms with Crippen molar-refractivity contribution in [3.63, 3.8) is 0 Å². The molecule has 2 heterocycles. The zero-order valence-electron chi connectivity index (χ0n) is 23.0. The van der Waals surface area contributed by atoms with Gasteiger partial charge in [-0.1, -0.05) is 44.0 Å². The monoisotopic (exact) mass is 555 g/mol. The summed E-state index contributed by atoms with van der Waals surface area (Å²) < 4.78 is 33.0. The summed E-state index contributed by atoms with van der Waals surface area (Å²) in [5.41, 5.74) is 0.784. The Labute approximate surface area is 231 Å². The van der Waals surface area contributed by atoms with E-state index in [2.05, 4.69) is 39.4 Å². The average molecular weight is 556 g/mol. The lowest BCUT2D eigenvalue weighted by atomic mass is 10.0. The third kappa shape index (κ3) is 13.0. The second kappa shape index (κ2) is 18.9. The molecule has 218 valence electrons. The molecule has 1 fully saturated rings. The molecule has 1 aromatic rings. The number of ether oxygens (including phenoxy) is 1. The summed E-state index contributed by atoms with van der Waals surface area (Å²) in [6.45, 7) is 9.17. The number of pyridine rings is 1. The highest BCUT2D eigenvalue weighted by atomic mass is 32.2. The maximum Gasteiger partial charge on any atom is 0.236 e. The quantitative estimate of drug-likeness (QED) is 0.0695. The number of morpholine rings is 1. The number of nitrogens with one attached hydrogen (secondary N) is 2. The van der Waals surface area contributed by atoms with Gasteiger partial charge in [-0.25, -0.2) is 8.42 Å². The van der Waals surface area contributed by atoms with E-state index in [0.29, 0.717) is 57.8 Å². The molecule has 11 nitrogen and oxygen atoms in total. The van der Waals surface area contributed by atoms with Crippen molar-refractivity contribution in [3.05, 3.63) is 24.5 Å². The maximum atomic E-state index is 13.2. The summed E-state index contributed by atoms with van der Waals surface area (Å²) in [6, 6.07) is 3.57. The van der Waals surface area contributed by atoms with Crippen molar-refractivity contribution in [2.45, 2.75) is 58.8 Å². The minimum absolute atomic E-state index is 0. The predicted octanol–water partition coefficient (Wildman–Crippen LogP) is 3.69. The lowest BCUT2D eigenvalue weighted by Gasteiger charge is -2.30. The van der Waals surface area contributed by atoms with E-state index in [0.717, 1.165) is 57.3 Å². The second-order valence-electron chi connectivity index (χ2n) is 9.40. The van der Waals surface area contributed by atoms with Gasteiger partial charge in [-0.2, -0.15) is 5.26 Å². The van der Waals surface area contributed by atoms with Gasteiger partial charge >= 0.3 is 0 Å². The summed E-state index contributed by atoms with van der Waals surface area (Å²) in [6.07, 6.45) is 11.2. The van der Waals surface area contributed by atoms with Gasteiger partial charge in [-0.15, -0.1) is 0 Å². The Hall–Kier alpha value is -2.30. The highest BCUT2D eigenvalue weighted by molar-refractivity contribution is 7.88. The van der Waals surface area contributed by atoms with Crippen LogP contribution in [-0.2, 0) is 19.6 Å². The van der Waals surface area contributed by atoms with Crippen molar-refractivity contribution in [2.75, 3.05) is 63.6 Å². The molecule has 0 bridgehead atoms. The van der Waals surface area contributed by atoms with Crippen molar-refractivity contribution >= 4 is 21.7 Å². The van der Waals surface area contributed by atoms with Crippen molar-refractivity contribution < 1.29 is 20.8 Å². The lowest BCUT2D eigenvalue weighted by Crippen LogP contribution is -2.44. The first kappa shape index (κ1) is 31.9. The van der Waals surface area contributed by atoms with Crippen LogP contribution in [0.5, 0.6) is 0 Å². The van der Waals surface area contributed by atoms with Crippen LogP contribution in [0.3, 0.4) is 0 Å². The first-order valence-electron chi connectivity index (χ1n) is 13.8. The summed E-state index contributed by atoms with van der Waals surface area (Å²) in [4.78, 5) is 16.5. The summed E-state index contributed by atoms with van der Waals surface area (Å²) in [5, 5.41) is 14.6. The van der Waals surface area contributed by atoms with Gasteiger partial charge in [0.1, 0.15) is 0 Å². The van der Waals surface area contributed by atoms with Crippen LogP contribution in [0.2, 0.25) is 0 Å². The predicted molar refractivity (Wildman–Crippen MR) is 154 cm³/mol. The number of rotatable bonds is 18. The molecule has 1 aromatic heterocycles. The smallest absolute Gasteiger partial charge is 0.236 e. The van der Waals surface area contributed by atoms with Crippen LogP contribution in [0.1, 0.15) is 61.6 Å². The van der Waals surface area contributed by atoms with Crippen molar-refractivity contribution in [2.24, 2.45) is 10.9 Å². The molecule has 38 heavy (non-hydrogen) atoms. The molecule has 1 aliphatic heterocycles. The zero-order chi connectivity index (χ0) is 27.5. The van der Waals surface area contributed by atoms with E-state index in [1.807, 2.05) is 6.19 Å². The summed E-state index contributed by atoms with van der Waals surface area (Å²) in [5.74, 6) is 0.798. The number of hydrogen-bond donors (Lipinski definition) is 2. The van der Waals surface area contributed by atoms with Crippen LogP contribution in [0, 0.1) is 17.4 Å². The molecule has 12 heteroatoms. The van der Waals surface area contributed by atoms with Gasteiger partial charge in [0.15, 0.2) is 6.19 Å². The number of unbranched alkanes of at least 4 members (excludes halogenated alkanes) is 3. The molecule has 0 spiro atoms. The molecule has 1 unspecified atom stereocenters. The Morgan fingerprint density at radius 1 is 1.26 bits per heavy atom. The van der Waals surface area contributed by atoms with Crippen LogP contribution in [0.25, 0.3) is 0 Å². The number of aliphatic imine (C=N–C) groups is 1.